The van der Waals surface area contributed by atoms with E-state index in [0.29, 0.717) is 18.8 Å². The molecule has 1 aliphatic rings. The fraction of sp³-hybridized carbons (Fsp3) is 0.500. The van der Waals surface area contributed by atoms with Crippen molar-refractivity contribution in [1.29, 1.82) is 0 Å². The van der Waals surface area contributed by atoms with E-state index in [4.69, 9.17) is 5.84 Å². The van der Waals surface area contributed by atoms with Crippen LogP contribution in [0.25, 0.3) is 0 Å². The Balaban J connectivity index is 2.12. The molecule has 0 aliphatic carbocycles. The highest BCUT2D eigenvalue weighted by Gasteiger charge is 2.19. The average Bonchev–Trinajstić information content (AvgIpc) is 2.38. The molecular weight excluding hydrogens is 248 g/mol. The summed E-state index contributed by atoms with van der Waals surface area (Å²) in [6.45, 7) is 2.12. The van der Waals surface area contributed by atoms with Gasteiger partial charge in [-0.25, -0.2) is 0 Å². The van der Waals surface area contributed by atoms with Gasteiger partial charge in [0.1, 0.15) is 5.69 Å². The van der Waals surface area contributed by atoms with E-state index in [1.807, 2.05) is 6.07 Å². The van der Waals surface area contributed by atoms with Crippen molar-refractivity contribution in [3.8, 4) is 0 Å². The smallest absolute Gasteiger partial charge is 0.293 e. The van der Waals surface area contributed by atoms with Crippen LogP contribution in [0.4, 0.5) is 11.4 Å². The zero-order valence-corrected chi connectivity index (χ0v) is 10.6. The minimum Gasteiger partial charge on any atom is -0.392 e. The van der Waals surface area contributed by atoms with Gasteiger partial charge in [0.2, 0.25) is 0 Å². The standard InChI is InChI=1S/C12H18N4O3/c13-14-11-4-3-9(6-12(11)16(18)19)7-15-5-1-2-10(17)8-15/h3-4,6,10,14,17H,1-2,5,7-8,13H2. The molecule has 104 valence electrons. The molecule has 1 unspecified atom stereocenters. The highest BCUT2D eigenvalue weighted by molar-refractivity contribution is 5.61. The Morgan fingerprint density at radius 3 is 3.00 bits per heavy atom. The first kappa shape index (κ1) is 13.7. The van der Waals surface area contributed by atoms with Gasteiger partial charge in [-0.1, -0.05) is 6.07 Å². The molecule has 4 N–H and O–H groups in total. The van der Waals surface area contributed by atoms with Crippen molar-refractivity contribution < 1.29 is 10.0 Å². The van der Waals surface area contributed by atoms with Gasteiger partial charge in [0, 0.05) is 19.2 Å². The minimum atomic E-state index is -0.455. The maximum absolute atomic E-state index is 10.9. The fourth-order valence-electron chi connectivity index (χ4n) is 2.38. The summed E-state index contributed by atoms with van der Waals surface area (Å²) in [5, 5.41) is 20.5. The van der Waals surface area contributed by atoms with Crippen molar-refractivity contribution in [3.63, 3.8) is 0 Å². The van der Waals surface area contributed by atoms with Crippen LogP contribution in [0.1, 0.15) is 18.4 Å². The van der Waals surface area contributed by atoms with E-state index in [9.17, 15) is 15.2 Å². The minimum absolute atomic E-state index is 0.0300. The summed E-state index contributed by atoms with van der Waals surface area (Å²) in [4.78, 5) is 12.6. The molecule has 1 fully saturated rings. The number of nitrogens with one attached hydrogen (secondary N) is 1. The molecule has 1 saturated heterocycles. The Hall–Kier alpha value is -1.70. The van der Waals surface area contributed by atoms with Crippen LogP contribution in [0.3, 0.4) is 0 Å². The zero-order chi connectivity index (χ0) is 13.8. The molecule has 7 heteroatoms. The van der Waals surface area contributed by atoms with Crippen LogP contribution in [0.5, 0.6) is 0 Å². The number of likely N-dealkylation sites (tertiary alicyclic amines) is 1. The number of benzene rings is 1. The van der Waals surface area contributed by atoms with Gasteiger partial charge in [0.05, 0.1) is 11.0 Å². The second kappa shape index (κ2) is 5.96. The van der Waals surface area contributed by atoms with Crippen molar-refractivity contribution in [1.82, 2.24) is 4.90 Å². The summed E-state index contributed by atoms with van der Waals surface area (Å²) in [7, 11) is 0. The molecule has 1 heterocycles. The lowest BCUT2D eigenvalue weighted by molar-refractivity contribution is -0.384. The number of β-amino-alcohol motifs (C(OH)–C–C–N with tert-alkyl or cyclic N) is 1. The first-order valence-corrected chi connectivity index (χ1v) is 6.24. The molecule has 0 aromatic heterocycles. The zero-order valence-electron chi connectivity index (χ0n) is 10.6. The number of aliphatic hydroxyl groups is 1. The summed E-state index contributed by atoms with van der Waals surface area (Å²) in [5.41, 5.74) is 3.44. The number of hydrogen-bond donors (Lipinski definition) is 3. The number of nitro groups is 1. The number of anilines is 1. The summed E-state index contributed by atoms with van der Waals surface area (Å²) < 4.78 is 0. The second-order valence-corrected chi connectivity index (χ2v) is 4.78. The maximum atomic E-state index is 10.9. The lowest BCUT2D eigenvalue weighted by Gasteiger charge is -2.29. The number of aliphatic hydroxyl groups excluding tert-OH is 1. The molecule has 7 nitrogen and oxygen atoms in total. The highest BCUT2D eigenvalue weighted by atomic mass is 16.6. The third-order valence-electron chi connectivity index (χ3n) is 3.30. The van der Waals surface area contributed by atoms with Gasteiger partial charge in [-0.3, -0.25) is 20.9 Å². The number of nitrogens with two attached hydrogens (primary N) is 1. The largest absolute Gasteiger partial charge is 0.392 e. The van der Waals surface area contributed by atoms with Crippen LogP contribution in [0.2, 0.25) is 0 Å². The highest BCUT2D eigenvalue weighted by Crippen LogP contribution is 2.25. The van der Waals surface area contributed by atoms with Gasteiger partial charge in [-0.05, 0) is 31.0 Å². The molecule has 1 aromatic carbocycles. The van der Waals surface area contributed by atoms with Crippen molar-refractivity contribution in [2.45, 2.75) is 25.5 Å². The molecule has 0 saturated carbocycles. The van der Waals surface area contributed by atoms with Gasteiger partial charge in [-0.2, -0.15) is 0 Å². The second-order valence-electron chi connectivity index (χ2n) is 4.78. The Bertz CT molecular complexity index is 466. The van der Waals surface area contributed by atoms with E-state index in [2.05, 4.69) is 10.3 Å². The molecule has 19 heavy (non-hydrogen) atoms. The molecule has 0 radical (unpaired) electrons. The molecule has 1 aromatic rings. The van der Waals surface area contributed by atoms with Crippen LogP contribution in [-0.4, -0.2) is 34.1 Å². The van der Waals surface area contributed by atoms with E-state index >= 15 is 0 Å². The van der Waals surface area contributed by atoms with Gasteiger partial charge in [-0.15, -0.1) is 0 Å². The van der Waals surface area contributed by atoms with Gasteiger partial charge in [0.15, 0.2) is 0 Å². The fourth-order valence-corrected chi connectivity index (χ4v) is 2.38. The number of nitrogens with zero attached hydrogens (tertiary/aromatic N) is 2. The third kappa shape index (κ3) is 3.40. The van der Waals surface area contributed by atoms with Crippen LogP contribution in [-0.2, 0) is 6.54 Å². The first-order valence-electron chi connectivity index (χ1n) is 6.24. The Kier molecular flexibility index (Phi) is 4.31. The first-order chi connectivity index (χ1) is 9.10. The predicted octanol–water partition coefficient (Wildman–Crippen LogP) is 0.837. The lowest BCUT2D eigenvalue weighted by Crippen LogP contribution is -2.37. The number of piperidine rings is 1. The summed E-state index contributed by atoms with van der Waals surface area (Å²) in [5.74, 6) is 5.24. The molecule has 2 rings (SSSR count). The normalized spacial score (nSPS) is 20.2. The summed E-state index contributed by atoms with van der Waals surface area (Å²) in [6, 6.07) is 4.94. The van der Waals surface area contributed by atoms with Crippen molar-refractivity contribution in [2.24, 2.45) is 5.84 Å². The van der Waals surface area contributed by atoms with Crippen molar-refractivity contribution in [3.05, 3.63) is 33.9 Å². The predicted molar refractivity (Wildman–Crippen MR) is 71.4 cm³/mol. The summed E-state index contributed by atoms with van der Waals surface area (Å²) in [6.07, 6.45) is 1.48. The molecule has 0 bridgehead atoms. The number of hydrazine groups is 1. The van der Waals surface area contributed by atoms with E-state index in [1.165, 1.54) is 6.07 Å². The molecule has 1 aliphatic heterocycles. The molecule has 1 atom stereocenters. The number of rotatable bonds is 4. The Labute approximate surface area is 111 Å². The van der Waals surface area contributed by atoms with E-state index in [1.54, 1.807) is 6.07 Å². The summed E-state index contributed by atoms with van der Waals surface area (Å²) >= 11 is 0. The van der Waals surface area contributed by atoms with E-state index in [-0.39, 0.29) is 11.8 Å². The van der Waals surface area contributed by atoms with Crippen molar-refractivity contribution in [2.75, 3.05) is 18.5 Å². The van der Waals surface area contributed by atoms with Crippen LogP contribution < -0.4 is 11.3 Å². The van der Waals surface area contributed by atoms with Crippen molar-refractivity contribution >= 4 is 11.4 Å². The number of hydrogen-bond acceptors (Lipinski definition) is 6. The van der Waals surface area contributed by atoms with E-state index in [0.717, 1.165) is 24.9 Å². The SMILES string of the molecule is NNc1ccc(CN2CCCC(O)C2)cc1[N+](=O)[O-]. The Morgan fingerprint density at radius 2 is 2.37 bits per heavy atom. The monoisotopic (exact) mass is 266 g/mol. The van der Waals surface area contributed by atoms with Crippen LogP contribution >= 0.6 is 0 Å². The number of nitro benzene ring substituents is 1. The lowest BCUT2D eigenvalue weighted by atomic mass is 10.1. The topological polar surface area (TPSA) is 105 Å². The van der Waals surface area contributed by atoms with E-state index < -0.39 is 4.92 Å². The van der Waals surface area contributed by atoms with Crippen LogP contribution in [0, 0.1) is 10.1 Å². The average molecular weight is 266 g/mol. The van der Waals surface area contributed by atoms with Gasteiger partial charge in [0.25, 0.3) is 5.69 Å². The number of nitrogen functional groups attached to an aromatic ring is 1. The quantitative estimate of drug-likeness (QED) is 0.423. The van der Waals surface area contributed by atoms with Gasteiger partial charge < -0.3 is 10.5 Å². The maximum Gasteiger partial charge on any atom is 0.293 e. The van der Waals surface area contributed by atoms with Gasteiger partial charge >= 0.3 is 0 Å². The molecule has 0 amide bonds. The third-order valence-corrected chi connectivity index (χ3v) is 3.30. The molecule has 0 spiro atoms. The molecular formula is C12H18N4O3. The Morgan fingerprint density at radius 1 is 1.58 bits per heavy atom. The van der Waals surface area contributed by atoms with Crippen LogP contribution in [0.15, 0.2) is 18.2 Å².